The first-order valence-electron chi connectivity index (χ1n) is 10.5. The Morgan fingerprint density at radius 3 is 3.04 bits per heavy atom. The Labute approximate surface area is 166 Å². The first-order valence-corrected chi connectivity index (χ1v) is 11.7. The first kappa shape index (κ1) is 18.0. The molecular weight excluding hydrogens is 356 g/mol. The highest BCUT2D eigenvalue weighted by molar-refractivity contribution is 7.98. The van der Waals surface area contributed by atoms with Crippen LogP contribution in [-0.2, 0) is 16.1 Å². The van der Waals surface area contributed by atoms with E-state index < -0.39 is 0 Å². The van der Waals surface area contributed by atoms with Gasteiger partial charge in [0.25, 0.3) is 0 Å². The fourth-order valence-corrected chi connectivity index (χ4v) is 6.23. The molecule has 0 aromatic heterocycles. The van der Waals surface area contributed by atoms with E-state index in [1.807, 2.05) is 0 Å². The van der Waals surface area contributed by atoms with E-state index in [-0.39, 0.29) is 17.4 Å². The number of hydrogen-bond acceptors (Lipinski definition) is 4. The summed E-state index contributed by atoms with van der Waals surface area (Å²) >= 11 is 1.80. The lowest BCUT2D eigenvalue weighted by Gasteiger charge is -2.31. The van der Waals surface area contributed by atoms with Crippen molar-refractivity contribution in [2.45, 2.75) is 55.2 Å². The molecule has 27 heavy (non-hydrogen) atoms. The van der Waals surface area contributed by atoms with Crippen molar-refractivity contribution in [3.05, 3.63) is 29.8 Å². The highest BCUT2D eigenvalue weighted by Gasteiger charge is 2.62. The van der Waals surface area contributed by atoms with Gasteiger partial charge in [-0.1, -0.05) is 18.6 Å². The van der Waals surface area contributed by atoms with Crippen molar-refractivity contribution in [2.24, 2.45) is 17.8 Å². The molecule has 2 bridgehead atoms. The van der Waals surface area contributed by atoms with Crippen LogP contribution in [0.4, 0.5) is 0 Å². The zero-order valence-corrected chi connectivity index (χ0v) is 17.0. The lowest BCUT2D eigenvalue weighted by molar-refractivity contribution is -0.127. The Morgan fingerprint density at radius 1 is 1.37 bits per heavy atom. The molecule has 1 aromatic rings. The standard InChI is InChI=1S/C22H30N2O2S/c1-27-17-7-2-4-15(10-17)12-24-13-19-18(11-23-21(25)16-5-3-6-16)20-8-9-22(19,14-24)26-20/h2,4,7,10,16,18-20H,3,5-6,8-9,11-14H2,1H3,(H,23,25)/t18-,19+,20+,22+/m0/s1. The summed E-state index contributed by atoms with van der Waals surface area (Å²) in [6, 6.07) is 8.89. The normalized spacial score (nSPS) is 35.2. The number of amides is 1. The maximum atomic E-state index is 12.3. The predicted octanol–water partition coefficient (Wildman–Crippen LogP) is 3.30. The van der Waals surface area contributed by atoms with Gasteiger partial charge in [0.2, 0.25) is 5.91 Å². The zero-order chi connectivity index (χ0) is 18.4. The van der Waals surface area contributed by atoms with E-state index in [9.17, 15) is 4.79 Å². The number of nitrogens with zero attached hydrogens (tertiary/aromatic N) is 1. The molecule has 1 aliphatic carbocycles. The van der Waals surface area contributed by atoms with Gasteiger partial charge in [0, 0.05) is 48.8 Å². The topological polar surface area (TPSA) is 41.6 Å². The van der Waals surface area contributed by atoms with E-state index in [2.05, 4.69) is 40.7 Å². The van der Waals surface area contributed by atoms with Gasteiger partial charge >= 0.3 is 0 Å². The molecular formula is C22H30N2O2S. The Morgan fingerprint density at radius 2 is 2.26 bits per heavy atom. The summed E-state index contributed by atoms with van der Waals surface area (Å²) in [6.45, 7) is 3.96. The number of ether oxygens (including phenoxy) is 1. The van der Waals surface area contributed by atoms with Crippen molar-refractivity contribution >= 4 is 17.7 Å². The Balaban J connectivity index is 1.23. The summed E-state index contributed by atoms with van der Waals surface area (Å²) in [7, 11) is 0. The second-order valence-electron chi connectivity index (χ2n) is 8.92. The molecule has 1 amide bonds. The number of rotatable bonds is 6. The summed E-state index contributed by atoms with van der Waals surface area (Å²) in [6.07, 6.45) is 8.21. The van der Waals surface area contributed by atoms with Crippen molar-refractivity contribution in [1.82, 2.24) is 10.2 Å². The highest BCUT2D eigenvalue weighted by Crippen LogP contribution is 2.54. The van der Waals surface area contributed by atoms with Crippen LogP contribution in [0.25, 0.3) is 0 Å². The molecule has 3 heterocycles. The summed E-state index contributed by atoms with van der Waals surface area (Å²) in [5.74, 6) is 1.62. The second kappa shape index (κ2) is 7.09. The van der Waals surface area contributed by atoms with E-state index in [0.29, 0.717) is 17.9 Å². The van der Waals surface area contributed by atoms with Gasteiger partial charge < -0.3 is 10.1 Å². The van der Waals surface area contributed by atoms with Gasteiger partial charge in [-0.3, -0.25) is 9.69 Å². The third-order valence-corrected chi connectivity index (χ3v) is 8.11. The Bertz CT molecular complexity index is 722. The fourth-order valence-electron chi connectivity index (χ4n) is 5.74. The molecule has 0 radical (unpaired) electrons. The number of carbonyl (C=O) groups excluding carboxylic acids is 1. The molecule has 1 N–H and O–H groups in total. The average Bonchev–Trinajstić information content (AvgIpc) is 3.26. The van der Waals surface area contributed by atoms with Crippen molar-refractivity contribution < 1.29 is 9.53 Å². The number of thioether (sulfide) groups is 1. The van der Waals surface area contributed by atoms with E-state index >= 15 is 0 Å². The SMILES string of the molecule is CSc1cccc(CN2C[C@@H]3[C@H](CNC(=O)C4CCC4)[C@H]4CC[C@]3(C2)O4)c1. The van der Waals surface area contributed by atoms with Gasteiger partial charge in [0.05, 0.1) is 11.7 Å². The summed E-state index contributed by atoms with van der Waals surface area (Å²) < 4.78 is 6.55. The number of benzene rings is 1. The van der Waals surface area contributed by atoms with E-state index in [0.717, 1.165) is 45.4 Å². The van der Waals surface area contributed by atoms with Crippen LogP contribution < -0.4 is 5.32 Å². The summed E-state index contributed by atoms with van der Waals surface area (Å²) in [5, 5.41) is 3.26. The third-order valence-electron chi connectivity index (χ3n) is 7.38. The molecule has 0 unspecified atom stereocenters. The zero-order valence-electron chi connectivity index (χ0n) is 16.2. The monoisotopic (exact) mass is 386 g/mol. The van der Waals surface area contributed by atoms with Crippen LogP contribution in [0.3, 0.4) is 0 Å². The van der Waals surface area contributed by atoms with Crippen molar-refractivity contribution in [3.63, 3.8) is 0 Å². The minimum absolute atomic E-state index is 0.0493. The van der Waals surface area contributed by atoms with Crippen LogP contribution in [0.15, 0.2) is 29.2 Å². The molecule has 5 heteroatoms. The van der Waals surface area contributed by atoms with Crippen molar-refractivity contribution in [1.29, 1.82) is 0 Å². The van der Waals surface area contributed by atoms with Gasteiger partial charge in [-0.05, 0) is 49.6 Å². The molecule has 4 nitrogen and oxygen atoms in total. The quantitative estimate of drug-likeness (QED) is 0.762. The minimum atomic E-state index is 0.0493. The molecule has 1 saturated carbocycles. The van der Waals surface area contributed by atoms with Crippen molar-refractivity contribution in [2.75, 3.05) is 25.9 Å². The second-order valence-corrected chi connectivity index (χ2v) is 9.80. The maximum absolute atomic E-state index is 12.3. The highest BCUT2D eigenvalue weighted by atomic mass is 32.2. The number of carbonyl (C=O) groups is 1. The van der Waals surface area contributed by atoms with E-state index in [1.165, 1.54) is 23.3 Å². The average molecular weight is 387 g/mol. The lowest BCUT2D eigenvalue weighted by Crippen LogP contribution is -2.44. The van der Waals surface area contributed by atoms with Crippen LogP contribution in [0.2, 0.25) is 0 Å². The third kappa shape index (κ3) is 3.22. The van der Waals surface area contributed by atoms with Gasteiger partial charge in [-0.2, -0.15) is 0 Å². The first-order chi connectivity index (χ1) is 13.2. The van der Waals surface area contributed by atoms with Gasteiger partial charge in [0.1, 0.15) is 0 Å². The van der Waals surface area contributed by atoms with Gasteiger partial charge in [0.15, 0.2) is 0 Å². The molecule has 3 aliphatic heterocycles. The number of fused-ring (bicyclic) bond motifs is 1. The van der Waals surface area contributed by atoms with E-state index in [4.69, 9.17) is 4.74 Å². The molecule has 1 spiro atoms. The number of likely N-dealkylation sites (tertiary alicyclic amines) is 1. The molecule has 3 saturated heterocycles. The van der Waals surface area contributed by atoms with E-state index in [1.54, 1.807) is 11.8 Å². The van der Waals surface area contributed by atoms with Crippen LogP contribution in [-0.4, -0.2) is 48.4 Å². The molecule has 4 aliphatic rings. The van der Waals surface area contributed by atoms with Crippen molar-refractivity contribution in [3.8, 4) is 0 Å². The van der Waals surface area contributed by atoms with Crippen LogP contribution >= 0.6 is 11.8 Å². The predicted molar refractivity (Wildman–Crippen MR) is 108 cm³/mol. The Kier molecular flexibility index (Phi) is 4.73. The summed E-state index contributed by atoms with van der Waals surface area (Å²) in [4.78, 5) is 16.2. The smallest absolute Gasteiger partial charge is 0.223 e. The minimum Gasteiger partial charge on any atom is -0.370 e. The summed E-state index contributed by atoms with van der Waals surface area (Å²) in [5.41, 5.74) is 1.44. The largest absolute Gasteiger partial charge is 0.370 e. The number of nitrogens with one attached hydrogen (secondary N) is 1. The molecule has 146 valence electrons. The van der Waals surface area contributed by atoms with Gasteiger partial charge in [-0.25, -0.2) is 0 Å². The maximum Gasteiger partial charge on any atom is 0.223 e. The van der Waals surface area contributed by atoms with Crippen LogP contribution in [0.5, 0.6) is 0 Å². The molecule has 5 rings (SSSR count). The molecule has 4 fully saturated rings. The molecule has 1 aromatic carbocycles. The van der Waals surface area contributed by atoms with Gasteiger partial charge in [-0.15, -0.1) is 11.8 Å². The van der Waals surface area contributed by atoms with Crippen LogP contribution in [0, 0.1) is 17.8 Å². The van der Waals surface area contributed by atoms with Crippen LogP contribution in [0.1, 0.15) is 37.7 Å². The fraction of sp³-hybridized carbons (Fsp3) is 0.682. The Hall–Kier alpha value is -1.04. The number of hydrogen-bond donors (Lipinski definition) is 1. The lowest BCUT2D eigenvalue weighted by atomic mass is 9.73. The molecule has 4 atom stereocenters.